The molecule has 6 heteroatoms. The van der Waals surface area contributed by atoms with E-state index in [1.807, 2.05) is 55.5 Å². The molecule has 0 fully saturated rings. The van der Waals surface area contributed by atoms with Gasteiger partial charge in [0.2, 0.25) is 0 Å². The van der Waals surface area contributed by atoms with Crippen molar-refractivity contribution in [3.8, 4) is 10.6 Å². The van der Waals surface area contributed by atoms with Crippen molar-refractivity contribution in [1.82, 2.24) is 9.97 Å². The first-order valence-corrected chi connectivity index (χ1v) is 9.61. The summed E-state index contributed by atoms with van der Waals surface area (Å²) in [7, 11) is 0. The molecule has 0 bridgehead atoms. The number of halogens is 1. The second-order valence-corrected chi connectivity index (χ2v) is 7.64. The van der Waals surface area contributed by atoms with Crippen molar-refractivity contribution in [2.75, 3.05) is 5.32 Å². The van der Waals surface area contributed by atoms with Crippen LogP contribution in [-0.2, 0) is 0 Å². The summed E-state index contributed by atoms with van der Waals surface area (Å²) in [6.45, 7) is 1.98. The maximum absolute atomic E-state index is 12.5. The third kappa shape index (κ3) is 3.25. The topological polar surface area (TPSA) is 54.9 Å². The number of carbonyl (C=O) groups excluding carboxylic acids is 1. The zero-order valence-corrected chi connectivity index (χ0v) is 16.3. The fourth-order valence-corrected chi connectivity index (χ4v) is 4.03. The Morgan fingerprint density at radius 2 is 1.96 bits per heavy atom. The number of hydrogen-bond donors (Lipinski definition) is 1. The molecule has 1 amide bonds. The van der Waals surface area contributed by atoms with Crippen LogP contribution in [0, 0.1) is 6.92 Å². The number of anilines is 1. The first-order valence-electron chi connectivity index (χ1n) is 8.00. The van der Waals surface area contributed by atoms with Gasteiger partial charge in [0.15, 0.2) is 0 Å². The minimum atomic E-state index is -0.141. The van der Waals surface area contributed by atoms with Crippen molar-refractivity contribution in [2.24, 2.45) is 0 Å². The van der Waals surface area contributed by atoms with Gasteiger partial charge >= 0.3 is 0 Å². The van der Waals surface area contributed by atoms with Gasteiger partial charge in [0.1, 0.15) is 15.4 Å². The maximum Gasteiger partial charge on any atom is 0.256 e. The summed E-state index contributed by atoms with van der Waals surface area (Å²) in [6, 6.07) is 17.1. The lowest BCUT2D eigenvalue weighted by molar-refractivity contribution is 0.102. The molecule has 2 aromatic heterocycles. The van der Waals surface area contributed by atoms with Crippen molar-refractivity contribution in [2.45, 2.75) is 6.92 Å². The molecule has 0 saturated heterocycles. The van der Waals surface area contributed by atoms with Gasteiger partial charge in [-0.25, -0.2) is 9.97 Å². The largest absolute Gasteiger partial charge is 0.322 e. The zero-order chi connectivity index (χ0) is 18.1. The average molecular weight is 424 g/mol. The summed E-state index contributed by atoms with van der Waals surface area (Å²) in [6.07, 6.45) is 1.77. The third-order valence-electron chi connectivity index (χ3n) is 4.01. The number of carbonyl (C=O) groups is 1. The fourth-order valence-electron chi connectivity index (χ4n) is 2.67. The van der Waals surface area contributed by atoms with E-state index in [0.29, 0.717) is 5.56 Å². The normalized spacial score (nSPS) is 10.8. The number of rotatable bonds is 3. The smallest absolute Gasteiger partial charge is 0.256 e. The van der Waals surface area contributed by atoms with Crippen molar-refractivity contribution >= 4 is 49.2 Å². The second kappa shape index (κ2) is 6.97. The number of nitrogens with zero attached hydrogens (tertiary/aromatic N) is 2. The van der Waals surface area contributed by atoms with Crippen LogP contribution in [0.15, 0.2) is 65.3 Å². The fraction of sp³-hybridized carbons (Fsp3) is 0.0500. The van der Waals surface area contributed by atoms with Gasteiger partial charge in [-0.05, 0) is 70.9 Å². The Bertz CT molecular complexity index is 1090. The highest BCUT2D eigenvalue weighted by molar-refractivity contribution is 9.10. The van der Waals surface area contributed by atoms with E-state index < -0.39 is 0 Å². The first-order chi connectivity index (χ1) is 12.6. The van der Waals surface area contributed by atoms with Crippen LogP contribution in [0.1, 0.15) is 15.9 Å². The van der Waals surface area contributed by atoms with Crippen molar-refractivity contribution < 1.29 is 4.79 Å². The Morgan fingerprint density at radius 3 is 2.73 bits per heavy atom. The highest BCUT2D eigenvalue weighted by atomic mass is 79.9. The summed E-state index contributed by atoms with van der Waals surface area (Å²) < 4.78 is 0.772. The van der Waals surface area contributed by atoms with Gasteiger partial charge in [-0.1, -0.05) is 23.5 Å². The molecule has 0 radical (unpaired) electrons. The molecule has 4 aromatic rings. The average Bonchev–Trinajstić information content (AvgIpc) is 3.08. The minimum absolute atomic E-state index is 0.141. The Balaban J connectivity index is 1.62. The Labute approximate surface area is 163 Å². The van der Waals surface area contributed by atoms with Crippen molar-refractivity contribution in [1.29, 1.82) is 0 Å². The Morgan fingerprint density at radius 1 is 1.12 bits per heavy atom. The number of benzene rings is 2. The third-order valence-corrected chi connectivity index (χ3v) is 5.73. The zero-order valence-electron chi connectivity index (χ0n) is 13.9. The van der Waals surface area contributed by atoms with E-state index in [2.05, 4.69) is 31.2 Å². The van der Waals surface area contributed by atoms with Crippen molar-refractivity contribution in [3.63, 3.8) is 0 Å². The Hall–Kier alpha value is -2.57. The number of aryl methyl sites for hydroxylation is 1. The molecule has 0 saturated carbocycles. The molecule has 2 aromatic carbocycles. The van der Waals surface area contributed by atoms with E-state index in [9.17, 15) is 4.79 Å². The number of fused-ring (bicyclic) bond motifs is 1. The molecule has 0 aliphatic carbocycles. The van der Waals surface area contributed by atoms with E-state index >= 15 is 0 Å². The molecule has 0 aliphatic rings. The molecule has 0 aliphatic heterocycles. The standard InChI is InChI=1S/C20H14BrN3OS/c1-12-11-13(19-24-17-7-4-10-22-20(17)26-19)8-9-16(12)23-18(25)14-5-2-3-6-15(14)21/h2-11H,1H3,(H,23,25). The van der Waals surface area contributed by atoms with E-state index in [1.165, 1.54) is 0 Å². The molecule has 1 N–H and O–H groups in total. The predicted octanol–water partition coefficient (Wildman–Crippen LogP) is 5.68. The lowest BCUT2D eigenvalue weighted by Crippen LogP contribution is -2.13. The summed E-state index contributed by atoms with van der Waals surface area (Å²) >= 11 is 4.98. The SMILES string of the molecule is Cc1cc(-c2nc3cccnc3s2)ccc1NC(=O)c1ccccc1Br. The lowest BCUT2D eigenvalue weighted by Gasteiger charge is -2.10. The van der Waals surface area contributed by atoms with Crippen LogP contribution in [0.4, 0.5) is 5.69 Å². The molecular weight excluding hydrogens is 410 g/mol. The van der Waals surface area contributed by atoms with Gasteiger partial charge in [0, 0.05) is 21.9 Å². The van der Waals surface area contributed by atoms with Gasteiger partial charge in [-0.15, -0.1) is 0 Å². The van der Waals surface area contributed by atoms with Crippen LogP contribution in [0.2, 0.25) is 0 Å². The first kappa shape index (κ1) is 16.9. The molecule has 2 heterocycles. The molecule has 4 nitrogen and oxygen atoms in total. The molecular formula is C20H14BrN3OS. The molecule has 4 rings (SSSR count). The van der Waals surface area contributed by atoms with Gasteiger partial charge in [0.05, 0.1) is 5.56 Å². The van der Waals surface area contributed by atoms with E-state index in [0.717, 1.165) is 36.6 Å². The number of amides is 1. The highest BCUT2D eigenvalue weighted by Gasteiger charge is 2.12. The van der Waals surface area contributed by atoms with Crippen LogP contribution >= 0.6 is 27.3 Å². The van der Waals surface area contributed by atoms with Crippen LogP contribution in [0.5, 0.6) is 0 Å². The number of aromatic nitrogens is 2. The summed E-state index contributed by atoms with van der Waals surface area (Å²) in [5.41, 5.74) is 4.29. The number of thiazole rings is 1. The van der Waals surface area contributed by atoms with Gasteiger partial charge in [0.25, 0.3) is 5.91 Å². The van der Waals surface area contributed by atoms with Crippen LogP contribution in [0.25, 0.3) is 20.9 Å². The summed E-state index contributed by atoms with van der Waals surface area (Å²) in [5, 5.41) is 3.90. The van der Waals surface area contributed by atoms with Gasteiger partial charge in [-0.2, -0.15) is 0 Å². The molecule has 128 valence electrons. The van der Waals surface area contributed by atoms with Crippen LogP contribution in [-0.4, -0.2) is 15.9 Å². The van der Waals surface area contributed by atoms with E-state index in [1.54, 1.807) is 23.6 Å². The molecule has 26 heavy (non-hydrogen) atoms. The molecule has 0 unspecified atom stereocenters. The summed E-state index contributed by atoms with van der Waals surface area (Å²) in [5.74, 6) is -0.141. The van der Waals surface area contributed by atoms with Gasteiger partial charge in [-0.3, -0.25) is 4.79 Å². The monoisotopic (exact) mass is 423 g/mol. The van der Waals surface area contributed by atoms with Crippen LogP contribution < -0.4 is 5.32 Å². The number of hydrogen-bond acceptors (Lipinski definition) is 4. The lowest BCUT2D eigenvalue weighted by atomic mass is 10.1. The number of pyridine rings is 1. The molecule has 0 spiro atoms. The second-order valence-electron chi connectivity index (χ2n) is 5.81. The van der Waals surface area contributed by atoms with E-state index in [-0.39, 0.29) is 5.91 Å². The van der Waals surface area contributed by atoms with Crippen molar-refractivity contribution in [3.05, 3.63) is 76.4 Å². The van der Waals surface area contributed by atoms with Crippen LogP contribution in [0.3, 0.4) is 0 Å². The maximum atomic E-state index is 12.5. The summed E-state index contributed by atoms with van der Waals surface area (Å²) in [4.78, 5) is 22.4. The Kier molecular flexibility index (Phi) is 4.53. The molecule has 0 atom stereocenters. The van der Waals surface area contributed by atoms with Gasteiger partial charge < -0.3 is 5.32 Å². The number of nitrogens with one attached hydrogen (secondary N) is 1. The highest BCUT2D eigenvalue weighted by Crippen LogP contribution is 2.31. The minimum Gasteiger partial charge on any atom is -0.322 e. The quantitative estimate of drug-likeness (QED) is 0.460. The van der Waals surface area contributed by atoms with E-state index in [4.69, 9.17) is 0 Å². The predicted molar refractivity (Wildman–Crippen MR) is 110 cm³/mol.